The summed E-state index contributed by atoms with van der Waals surface area (Å²) in [5.41, 5.74) is 0. The minimum absolute atomic E-state index is 0.0576. The summed E-state index contributed by atoms with van der Waals surface area (Å²) in [6, 6.07) is 0. The van der Waals surface area contributed by atoms with Crippen LogP contribution in [0.25, 0.3) is 0 Å². The number of hydrogen-bond donors (Lipinski definition) is 1. The van der Waals surface area contributed by atoms with Crippen LogP contribution in [0.2, 0.25) is 0 Å². The monoisotopic (exact) mass is 278 g/mol. The highest BCUT2D eigenvalue weighted by molar-refractivity contribution is 5.87. The van der Waals surface area contributed by atoms with E-state index < -0.39 is 12.1 Å². The number of alkyl halides is 3. The molecule has 0 bridgehead atoms. The molecule has 0 radical (unpaired) electrons. The van der Waals surface area contributed by atoms with Crippen LogP contribution in [0.5, 0.6) is 0 Å². The number of carbonyl (C=O) groups excluding carboxylic acids is 1. The Morgan fingerprint density at radius 2 is 2.05 bits per heavy atom. The minimum Gasteiger partial charge on any atom is -0.352 e. The van der Waals surface area contributed by atoms with Gasteiger partial charge < -0.3 is 10.2 Å². The van der Waals surface area contributed by atoms with Crippen LogP contribution in [0.1, 0.15) is 19.3 Å². The first-order valence-corrected chi connectivity index (χ1v) is 6.45. The number of likely N-dealkylation sites (N-methyl/N-ethyl adjacent to an activating group) is 1. The second-order valence-electron chi connectivity index (χ2n) is 5.33. The Hall–Kier alpha value is -1.04. The van der Waals surface area contributed by atoms with Gasteiger partial charge in [-0.1, -0.05) is 6.08 Å². The molecule has 1 amide bonds. The molecule has 3 nitrogen and oxygen atoms in total. The zero-order valence-electron chi connectivity index (χ0n) is 11.3. The van der Waals surface area contributed by atoms with Crippen molar-refractivity contribution < 1.29 is 18.0 Å². The molecule has 0 aromatic carbocycles. The molecule has 2 atom stereocenters. The summed E-state index contributed by atoms with van der Waals surface area (Å²) in [4.78, 5) is 13.3. The molecular weight excluding hydrogens is 257 g/mol. The zero-order chi connectivity index (χ0) is 14.5. The van der Waals surface area contributed by atoms with Crippen molar-refractivity contribution in [2.45, 2.75) is 25.4 Å². The molecule has 1 aliphatic carbocycles. The van der Waals surface area contributed by atoms with Gasteiger partial charge in [-0.3, -0.25) is 4.79 Å². The van der Waals surface area contributed by atoms with Crippen molar-refractivity contribution in [3.63, 3.8) is 0 Å². The molecule has 1 rings (SSSR count). The number of halogens is 3. The van der Waals surface area contributed by atoms with Crippen molar-refractivity contribution in [3.8, 4) is 0 Å². The van der Waals surface area contributed by atoms with E-state index in [2.05, 4.69) is 5.32 Å². The van der Waals surface area contributed by atoms with E-state index in [0.29, 0.717) is 19.5 Å². The standard InChI is InChI=1S/C13H21F3N2O/c1-18(2)7-3-4-12(19)17-9-10-5-6-11(8-10)13(14,15)16/h3-4,10-11H,5-9H2,1-2H3,(H,17,19)/b4-3+. The van der Waals surface area contributed by atoms with E-state index >= 15 is 0 Å². The topological polar surface area (TPSA) is 32.3 Å². The van der Waals surface area contributed by atoms with E-state index in [-0.39, 0.29) is 24.7 Å². The molecule has 0 heterocycles. The van der Waals surface area contributed by atoms with E-state index in [9.17, 15) is 18.0 Å². The Morgan fingerprint density at radius 3 is 2.58 bits per heavy atom. The number of hydrogen-bond acceptors (Lipinski definition) is 2. The largest absolute Gasteiger partial charge is 0.391 e. The maximum atomic E-state index is 12.5. The summed E-state index contributed by atoms with van der Waals surface area (Å²) in [7, 11) is 3.77. The summed E-state index contributed by atoms with van der Waals surface area (Å²) in [5, 5.41) is 2.66. The van der Waals surface area contributed by atoms with Crippen LogP contribution in [0.15, 0.2) is 12.2 Å². The van der Waals surface area contributed by atoms with Gasteiger partial charge in [0.1, 0.15) is 0 Å². The van der Waals surface area contributed by atoms with Crippen molar-refractivity contribution >= 4 is 5.91 Å². The molecule has 1 aliphatic rings. The summed E-state index contributed by atoms with van der Waals surface area (Å²) in [5.74, 6) is -1.49. The quantitative estimate of drug-likeness (QED) is 0.782. The third-order valence-corrected chi connectivity index (χ3v) is 3.31. The first kappa shape index (κ1) is 16.0. The van der Waals surface area contributed by atoms with Crippen molar-refractivity contribution in [2.75, 3.05) is 27.2 Å². The lowest BCUT2D eigenvalue weighted by molar-refractivity contribution is -0.173. The van der Waals surface area contributed by atoms with E-state index in [1.807, 2.05) is 19.0 Å². The Morgan fingerprint density at radius 1 is 1.37 bits per heavy atom. The maximum absolute atomic E-state index is 12.5. The number of nitrogens with one attached hydrogen (secondary N) is 1. The van der Waals surface area contributed by atoms with Crippen molar-refractivity contribution in [1.29, 1.82) is 0 Å². The van der Waals surface area contributed by atoms with Crippen LogP contribution < -0.4 is 5.32 Å². The third-order valence-electron chi connectivity index (χ3n) is 3.31. The summed E-state index contributed by atoms with van der Waals surface area (Å²) < 4.78 is 37.4. The Bertz CT molecular complexity index is 326. The van der Waals surface area contributed by atoms with Crippen LogP contribution in [-0.4, -0.2) is 44.2 Å². The van der Waals surface area contributed by atoms with Gasteiger partial charge in [-0.15, -0.1) is 0 Å². The summed E-state index contributed by atoms with van der Waals surface area (Å²) >= 11 is 0. The van der Waals surface area contributed by atoms with Crippen LogP contribution in [0.4, 0.5) is 13.2 Å². The number of rotatable bonds is 5. The van der Waals surface area contributed by atoms with Gasteiger partial charge in [0.15, 0.2) is 0 Å². The molecule has 1 fully saturated rings. The lowest BCUT2D eigenvalue weighted by Crippen LogP contribution is -2.28. The average Bonchev–Trinajstić information content (AvgIpc) is 2.74. The molecule has 0 spiro atoms. The van der Waals surface area contributed by atoms with Gasteiger partial charge in [-0.2, -0.15) is 13.2 Å². The van der Waals surface area contributed by atoms with E-state index in [1.54, 1.807) is 6.08 Å². The summed E-state index contributed by atoms with van der Waals surface area (Å²) in [6.07, 6.45) is -0.0966. The average molecular weight is 278 g/mol. The molecule has 110 valence electrons. The van der Waals surface area contributed by atoms with Gasteiger partial charge in [0.2, 0.25) is 5.91 Å². The van der Waals surface area contributed by atoms with E-state index in [1.165, 1.54) is 6.08 Å². The van der Waals surface area contributed by atoms with Gasteiger partial charge in [-0.05, 0) is 39.3 Å². The summed E-state index contributed by atoms with van der Waals surface area (Å²) in [6.45, 7) is 0.991. The lowest BCUT2D eigenvalue weighted by Gasteiger charge is -2.14. The third kappa shape index (κ3) is 6.09. The van der Waals surface area contributed by atoms with E-state index in [4.69, 9.17) is 0 Å². The fourth-order valence-corrected chi connectivity index (χ4v) is 2.23. The molecule has 1 N–H and O–H groups in total. The van der Waals surface area contributed by atoms with Crippen LogP contribution >= 0.6 is 0 Å². The van der Waals surface area contributed by atoms with Crippen LogP contribution in [-0.2, 0) is 4.79 Å². The Kier molecular flexibility index (Phi) is 5.85. The predicted molar refractivity (Wildman–Crippen MR) is 67.6 cm³/mol. The highest BCUT2D eigenvalue weighted by atomic mass is 19.4. The molecule has 1 saturated carbocycles. The second-order valence-corrected chi connectivity index (χ2v) is 5.33. The van der Waals surface area contributed by atoms with Gasteiger partial charge in [-0.25, -0.2) is 0 Å². The zero-order valence-corrected chi connectivity index (χ0v) is 11.3. The van der Waals surface area contributed by atoms with Crippen molar-refractivity contribution in [3.05, 3.63) is 12.2 Å². The number of carbonyl (C=O) groups is 1. The van der Waals surface area contributed by atoms with Gasteiger partial charge in [0.05, 0.1) is 5.92 Å². The fraction of sp³-hybridized carbons (Fsp3) is 0.769. The highest BCUT2D eigenvalue weighted by Crippen LogP contribution is 2.41. The molecular formula is C13H21F3N2O. The normalized spacial score (nSPS) is 24.3. The first-order valence-electron chi connectivity index (χ1n) is 6.45. The van der Waals surface area contributed by atoms with Crippen molar-refractivity contribution in [1.82, 2.24) is 10.2 Å². The molecule has 6 heteroatoms. The SMILES string of the molecule is CN(C)C/C=C/C(=O)NCC1CCC(C(F)(F)F)C1. The predicted octanol–water partition coefficient (Wildman–Crippen LogP) is 2.20. The highest BCUT2D eigenvalue weighted by Gasteiger charge is 2.43. The van der Waals surface area contributed by atoms with Gasteiger partial charge in [0.25, 0.3) is 0 Å². The Labute approximate surface area is 111 Å². The fourth-order valence-electron chi connectivity index (χ4n) is 2.23. The number of amides is 1. The lowest BCUT2D eigenvalue weighted by atomic mass is 10.0. The second kappa shape index (κ2) is 6.93. The minimum atomic E-state index is -4.09. The van der Waals surface area contributed by atoms with Crippen LogP contribution in [0, 0.1) is 11.8 Å². The molecule has 0 aliphatic heterocycles. The Balaban J connectivity index is 2.24. The molecule has 0 saturated heterocycles. The van der Waals surface area contributed by atoms with Crippen molar-refractivity contribution in [2.24, 2.45) is 11.8 Å². The first-order chi connectivity index (χ1) is 8.79. The molecule has 19 heavy (non-hydrogen) atoms. The van der Waals surface area contributed by atoms with Gasteiger partial charge >= 0.3 is 6.18 Å². The van der Waals surface area contributed by atoms with Gasteiger partial charge in [0, 0.05) is 19.2 Å². The van der Waals surface area contributed by atoms with Crippen LogP contribution in [0.3, 0.4) is 0 Å². The maximum Gasteiger partial charge on any atom is 0.391 e. The number of nitrogens with zero attached hydrogens (tertiary/aromatic N) is 1. The smallest absolute Gasteiger partial charge is 0.352 e. The molecule has 2 unspecified atom stereocenters. The molecule has 0 aromatic rings. The van der Waals surface area contributed by atoms with E-state index in [0.717, 1.165) is 0 Å². The molecule has 0 aromatic heterocycles.